The summed E-state index contributed by atoms with van der Waals surface area (Å²) in [4.78, 5) is 10.9. The van der Waals surface area contributed by atoms with Crippen LogP contribution in [0.5, 0.6) is 0 Å². The maximum atomic E-state index is 10.9. The lowest BCUT2D eigenvalue weighted by Gasteiger charge is -2.06. The number of rotatable bonds is 3. The molecular formula is C14H16N2O. The van der Waals surface area contributed by atoms with Crippen molar-refractivity contribution in [2.75, 3.05) is 0 Å². The summed E-state index contributed by atoms with van der Waals surface area (Å²) in [5, 5.41) is 4.26. The Kier molecular flexibility index (Phi) is 3.09. The number of hydrogen-bond donors (Lipinski definition) is 0. The summed E-state index contributed by atoms with van der Waals surface area (Å²) in [5.41, 5.74) is 5.02. The third-order valence-corrected chi connectivity index (χ3v) is 3.00. The van der Waals surface area contributed by atoms with Crippen LogP contribution in [0, 0.1) is 13.8 Å². The van der Waals surface area contributed by atoms with Gasteiger partial charge < -0.3 is 0 Å². The van der Waals surface area contributed by atoms with Gasteiger partial charge in [-0.1, -0.05) is 12.1 Å². The van der Waals surface area contributed by atoms with Crippen molar-refractivity contribution in [3.05, 3.63) is 41.2 Å². The second kappa shape index (κ2) is 4.53. The molecule has 0 bridgehead atoms. The van der Waals surface area contributed by atoms with Crippen molar-refractivity contribution < 1.29 is 4.79 Å². The Morgan fingerprint density at radius 2 is 1.88 bits per heavy atom. The fourth-order valence-corrected chi connectivity index (χ4v) is 2.01. The van der Waals surface area contributed by atoms with Crippen LogP contribution in [0.3, 0.4) is 0 Å². The predicted molar refractivity (Wildman–Crippen MR) is 68.2 cm³/mol. The second-order valence-electron chi connectivity index (χ2n) is 4.23. The number of aldehydes is 1. The maximum absolute atomic E-state index is 10.9. The van der Waals surface area contributed by atoms with Crippen LogP contribution >= 0.6 is 0 Å². The van der Waals surface area contributed by atoms with Gasteiger partial charge in [-0.05, 0) is 37.5 Å². The Bertz CT molecular complexity index is 532. The summed E-state index contributed by atoms with van der Waals surface area (Å²) in [5.74, 6) is 0. The highest BCUT2D eigenvalue weighted by molar-refractivity contribution is 5.82. The molecule has 0 aliphatic rings. The number of carbonyl (C=O) groups excluding carboxylic acids is 1. The maximum Gasteiger partial charge on any atom is 0.150 e. The van der Waals surface area contributed by atoms with Crippen molar-refractivity contribution >= 4 is 6.29 Å². The van der Waals surface area contributed by atoms with E-state index in [1.807, 2.05) is 43.1 Å². The predicted octanol–water partition coefficient (Wildman–Crippen LogP) is 3.00. The van der Waals surface area contributed by atoms with E-state index in [2.05, 4.69) is 12.0 Å². The van der Waals surface area contributed by atoms with Crippen LogP contribution in [-0.4, -0.2) is 16.1 Å². The lowest BCUT2D eigenvalue weighted by molar-refractivity contribution is 0.112. The number of aryl methyl sites for hydroxylation is 3. The minimum Gasteiger partial charge on any atom is -0.298 e. The molecule has 0 N–H and O–H groups in total. The molecule has 0 amide bonds. The summed E-state index contributed by atoms with van der Waals surface area (Å²) in [6, 6.07) is 4.07. The molecule has 0 aliphatic heterocycles. The molecule has 0 unspecified atom stereocenters. The average Bonchev–Trinajstić information content (AvgIpc) is 2.77. The SMILES string of the molecule is CCn1cc(-c2cc(C)c(C=O)c(C)c2)cn1. The first-order valence-corrected chi connectivity index (χ1v) is 5.75. The molecule has 3 nitrogen and oxygen atoms in total. The van der Waals surface area contributed by atoms with Crippen molar-refractivity contribution in [2.24, 2.45) is 0 Å². The molecule has 88 valence electrons. The Labute approximate surface area is 101 Å². The quantitative estimate of drug-likeness (QED) is 0.757. The third-order valence-electron chi connectivity index (χ3n) is 3.00. The van der Waals surface area contributed by atoms with Crippen LogP contribution in [0.2, 0.25) is 0 Å². The molecular weight excluding hydrogens is 212 g/mol. The molecule has 3 heteroatoms. The summed E-state index contributed by atoms with van der Waals surface area (Å²) in [7, 11) is 0. The van der Waals surface area contributed by atoms with Crippen molar-refractivity contribution in [2.45, 2.75) is 27.3 Å². The highest BCUT2D eigenvalue weighted by Gasteiger charge is 2.07. The van der Waals surface area contributed by atoms with Crippen molar-refractivity contribution in [1.29, 1.82) is 0 Å². The molecule has 2 aromatic rings. The molecule has 0 fully saturated rings. The van der Waals surface area contributed by atoms with Gasteiger partial charge in [0.15, 0.2) is 6.29 Å². The lowest BCUT2D eigenvalue weighted by Crippen LogP contribution is -1.93. The first kappa shape index (κ1) is 11.6. The van der Waals surface area contributed by atoms with Gasteiger partial charge in [-0.15, -0.1) is 0 Å². The summed E-state index contributed by atoms with van der Waals surface area (Å²) < 4.78 is 1.90. The first-order chi connectivity index (χ1) is 8.15. The highest BCUT2D eigenvalue weighted by atomic mass is 16.1. The zero-order valence-corrected chi connectivity index (χ0v) is 10.4. The van der Waals surface area contributed by atoms with Gasteiger partial charge in [-0.3, -0.25) is 9.48 Å². The summed E-state index contributed by atoms with van der Waals surface area (Å²) >= 11 is 0. The summed E-state index contributed by atoms with van der Waals surface area (Å²) in [6.07, 6.45) is 4.80. The van der Waals surface area contributed by atoms with E-state index in [1.165, 1.54) is 0 Å². The zero-order valence-electron chi connectivity index (χ0n) is 10.4. The molecule has 0 saturated heterocycles. The largest absolute Gasteiger partial charge is 0.298 e. The Morgan fingerprint density at radius 3 is 2.35 bits per heavy atom. The van der Waals surface area contributed by atoms with Gasteiger partial charge in [0, 0.05) is 23.9 Å². The van der Waals surface area contributed by atoms with Crippen molar-refractivity contribution in [3.8, 4) is 11.1 Å². The average molecular weight is 228 g/mol. The lowest BCUT2D eigenvalue weighted by atomic mass is 9.98. The number of benzene rings is 1. The smallest absolute Gasteiger partial charge is 0.150 e. The van der Waals surface area contributed by atoms with Crippen LogP contribution in [0.15, 0.2) is 24.5 Å². The van der Waals surface area contributed by atoms with Crippen molar-refractivity contribution in [1.82, 2.24) is 9.78 Å². The van der Waals surface area contributed by atoms with E-state index in [9.17, 15) is 4.79 Å². The second-order valence-corrected chi connectivity index (χ2v) is 4.23. The number of nitrogens with zero attached hydrogens (tertiary/aromatic N) is 2. The topological polar surface area (TPSA) is 34.9 Å². The highest BCUT2D eigenvalue weighted by Crippen LogP contribution is 2.24. The molecule has 1 aromatic heterocycles. The van der Waals surface area contributed by atoms with Gasteiger partial charge in [0.1, 0.15) is 0 Å². The Hall–Kier alpha value is -1.90. The fraction of sp³-hybridized carbons (Fsp3) is 0.286. The first-order valence-electron chi connectivity index (χ1n) is 5.75. The van der Waals surface area contributed by atoms with E-state index >= 15 is 0 Å². The molecule has 0 radical (unpaired) electrons. The van der Waals surface area contributed by atoms with E-state index < -0.39 is 0 Å². The zero-order chi connectivity index (χ0) is 12.4. The molecule has 0 saturated carbocycles. The Morgan fingerprint density at radius 1 is 1.24 bits per heavy atom. The van der Waals surface area contributed by atoms with Gasteiger partial charge in [-0.2, -0.15) is 5.10 Å². The van der Waals surface area contributed by atoms with Crippen LogP contribution < -0.4 is 0 Å². The molecule has 0 atom stereocenters. The Balaban J connectivity index is 2.49. The minimum absolute atomic E-state index is 0.789. The van der Waals surface area contributed by atoms with Gasteiger partial charge in [-0.25, -0.2) is 0 Å². The van der Waals surface area contributed by atoms with Gasteiger partial charge in [0.05, 0.1) is 6.20 Å². The van der Waals surface area contributed by atoms with Gasteiger partial charge in [0.25, 0.3) is 0 Å². The number of hydrogen-bond acceptors (Lipinski definition) is 2. The van der Waals surface area contributed by atoms with E-state index in [4.69, 9.17) is 0 Å². The van der Waals surface area contributed by atoms with Crippen LogP contribution in [0.1, 0.15) is 28.4 Å². The monoisotopic (exact) mass is 228 g/mol. The van der Waals surface area contributed by atoms with Crippen LogP contribution in [0.25, 0.3) is 11.1 Å². The van der Waals surface area contributed by atoms with Crippen LogP contribution in [0.4, 0.5) is 0 Å². The van der Waals surface area contributed by atoms with Gasteiger partial charge >= 0.3 is 0 Å². The molecule has 2 rings (SSSR count). The molecule has 0 aliphatic carbocycles. The van der Waals surface area contributed by atoms with Crippen molar-refractivity contribution in [3.63, 3.8) is 0 Å². The minimum atomic E-state index is 0.789. The standard InChI is InChI=1S/C14H16N2O/c1-4-16-8-13(7-15-16)12-5-10(2)14(9-17)11(3)6-12/h5-9H,4H2,1-3H3. The number of aromatic nitrogens is 2. The van der Waals surface area contributed by atoms with E-state index in [0.717, 1.165) is 40.6 Å². The fourth-order valence-electron chi connectivity index (χ4n) is 2.01. The molecule has 1 heterocycles. The van der Waals surface area contributed by atoms with Gasteiger partial charge in [0.2, 0.25) is 0 Å². The molecule has 0 spiro atoms. The van der Waals surface area contributed by atoms with E-state index in [-0.39, 0.29) is 0 Å². The third kappa shape index (κ3) is 2.13. The summed E-state index contributed by atoms with van der Waals surface area (Å²) in [6.45, 7) is 6.85. The van der Waals surface area contributed by atoms with E-state index in [1.54, 1.807) is 0 Å². The number of carbonyl (C=O) groups is 1. The normalized spacial score (nSPS) is 10.5. The molecule has 1 aromatic carbocycles. The van der Waals surface area contributed by atoms with E-state index in [0.29, 0.717) is 0 Å². The van der Waals surface area contributed by atoms with Crippen LogP contribution in [-0.2, 0) is 6.54 Å². The molecule has 17 heavy (non-hydrogen) atoms.